The van der Waals surface area contributed by atoms with Crippen molar-refractivity contribution >= 4 is 28.1 Å². The molecule has 0 aromatic heterocycles. The quantitative estimate of drug-likeness (QED) is 0.372. The summed E-state index contributed by atoms with van der Waals surface area (Å²) in [5.74, 6) is 0.903. The molecule has 0 aliphatic carbocycles. The molecule has 6 nitrogen and oxygen atoms in total. The van der Waals surface area contributed by atoms with Crippen molar-refractivity contribution in [3.63, 3.8) is 0 Å². The second-order valence-corrected chi connectivity index (χ2v) is 7.36. The van der Waals surface area contributed by atoms with Gasteiger partial charge in [-0.3, -0.25) is 4.79 Å². The molecule has 0 saturated heterocycles. The summed E-state index contributed by atoms with van der Waals surface area (Å²) in [6.07, 6.45) is 0.609. The summed E-state index contributed by atoms with van der Waals surface area (Å²) in [7, 11) is 0. The number of hydrogen-bond donors (Lipinski definition) is 2. The van der Waals surface area contributed by atoms with Crippen LogP contribution in [0.15, 0.2) is 82.4 Å². The number of phenolic OH excluding ortho intramolecular Hbond substituents is 1. The number of nitrogens with zero attached hydrogens (tertiary/aromatic N) is 1. The van der Waals surface area contributed by atoms with Crippen LogP contribution in [-0.4, -0.2) is 23.3 Å². The molecule has 3 aromatic carbocycles. The van der Waals surface area contributed by atoms with Crippen LogP contribution in [0.2, 0.25) is 0 Å². The van der Waals surface area contributed by atoms with E-state index in [1.54, 1.807) is 43.3 Å². The number of phenols is 1. The van der Waals surface area contributed by atoms with Crippen LogP contribution < -0.4 is 14.9 Å². The van der Waals surface area contributed by atoms with Gasteiger partial charge in [-0.15, -0.1) is 0 Å². The summed E-state index contributed by atoms with van der Waals surface area (Å²) >= 11 is 3.31. The summed E-state index contributed by atoms with van der Waals surface area (Å²) in [4.78, 5) is 12.2. The number of benzene rings is 3. The van der Waals surface area contributed by atoms with E-state index in [4.69, 9.17) is 9.47 Å². The molecule has 1 amide bonds. The molecule has 7 heteroatoms. The van der Waals surface area contributed by atoms with Crippen molar-refractivity contribution in [3.05, 3.63) is 88.4 Å². The second-order valence-electron chi connectivity index (χ2n) is 6.44. The minimum absolute atomic E-state index is 0.0649. The lowest BCUT2D eigenvalue weighted by atomic mass is 10.2. The van der Waals surface area contributed by atoms with Gasteiger partial charge < -0.3 is 14.6 Å². The fourth-order valence-corrected chi connectivity index (χ4v) is 2.88. The number of halogens is 1. The van der Waals surface area contributed by atoms with Gasteiger partial charge in [0.2, 0.25) is 0 Å². The molecule has 0 aliphatic heterocycles. The van der Waals surface area contributed by atoms with E-state index in [0.717, 1.165) is 10.0 Å². The zero-order valence-electron chi connectivity index (χ0n) is 16.3. The van der Waals surface area contributed by atoms with Crippen LogP contribution in [0, 0.1) is 0 Å². The Kier molecular flexibility index (Phi) is 7.45. The number of carbonyl (C=O) groups excluding carboxylic acids is 1. The fourth-order valence-electron chi connectivity index (χ4n) is 2.50. The maximum atomic E-state index is 12.2. The maximum absolute atomic E-state index is 12.2. The van der Waals surface area contributed by atoms with Gasteiger partial charge in [-0.05, 0) is 55.0 Å². The number of carbonyl (C=O) groups is 1. The lowest BCUT2D eigenvalue weighted by Gasteiger charge is -2.13. The van der Waals surface area contributed by atoms with Crippen molar-refractivity contribution < 1.29 is 19.4 Å². The molecule has 0 radical (unpaired) electrons. The summed E-state index contributed by atoms with van der Waals surface area (Å²) in [5.41, 5.74) is 3.96. The van der Waals surface area contributed by atoms with Crippen LogP contribution in [0.5, 0.6) is 17.2 Å². The Morgan fingerprint density at radius 3 is 2.53 bits per heavy atom. The van der Waals surface area contributed by atoms with Crippen molar-refractivity contribution in [3.8, 4) is 17.2 Å². The molecule has 1 atom stereocenters. The van der Waals surface area contributed by atoms with Gasteiger partial charge in [0, 0.05) is 10.0 Å². The molecule has 0 saturated carbocycles. The van der Waals surface area contributed by atoms with Crippen molar-refractivity contribution in [1.82, 2.24) is 5.43 Å². The lowest BCUT2D eigenvalue weighted by Crippen LogP contribution is -2.33. The Morgan fingerprint density at radius 2 is 1.80 bits per heavy atom. The van der Waals surface area contributed by atoms with Gasteiger partial charge >= 0.3 is 0 Å². The average molecular weight is 469 g/mol. The van der Waals surface area contributed by atoms with Crippen LogP contribution in [-0.2, 0) is 11.4 Å². The van der Waals surface area contributed by atoms with E-state index in [9.17, 15) is 9.90 Å². The molecular weight excluding hydrogens is 448 g/mol. The highest BCUT2D eigenvalue weighted by Crippen LogP contribution is 2.21. The number of hydrazone groups is 1. The van der Waals surface area contributed by atoms with Crippen LogP contribution in [0.1, 0.15) is 18.1 Å². The minimum atomic E-state index is -0.755. The third kappa shape index (κ3) is 6.35. The normalized spacial score (nSPS) is 11.8. The van der Waals surface area contributed by atoms with Crippen LogP contribution in [0.3, 0.4) is 0 Å². The number of ether oxygens (including phenoxy) is 2. The van der Waals surface area contributed by atoms with E-state index in [-0.39, 0.29) is 5.75 Å². The number of rotatable bonds is 8. The largest absolute Gasteiger partial charge is 0.507 e. The Balaban J connectivity index is 1.48. The molecule has 0 bridgehead atoms. The Morgan fingerprint density at radius 1 is 1.10 bits per heavy atom. The van der Waals surface area contributed by atoms with Gasteiger partial charge in [-0.1, -0.05) is 46.3 Å². The first kappa shape index (κ1) is 21.4. The average Bonchev–Trinajstić information content (AvgIpc) is 2.76. The first-order valence-corrected chi connectivity index (χ1v) is 10.1. The highest BCUT2D eigenvalue weighted by Gasteiger charge is 2.14. The lowest BCUT2D eigenvalue weighted by molar-refractivity contribution is -0.127. The molecule has 0 heterocycles. The molecule has 3 rings (SSSR count). The predicted molar refractivity (Wildman–Crippen MR) is 119 cm³/mol. The van der Waals surface area contributed by atoms with Gasteiger partial charge in [0.1, 0.15) is 23.9 Å². The smallest absolute Gasteiger partial charge is 0.280 e. The van der Waals surface area contributed by atoms with Gasteiger partial charge in [-0.2, -0.15) is 5.10 Å². The zero-order valence-corrected chi connectivity index (χ0v) is 17.9. The molecule has 0 fully saturated rings. The Hall–Kier alpha value is -3.32. The monoisotopic (exact) mass is 468 g/mol. The van der Waals surface area contributed by atoms with E-state index in [1.807, 2.05) is 30.3 Å². The predicted octanol–water partition coefficient (Wildman–Crippen LogP) is 4.65. The van der Waals surface area contributed by atoms with Crippen molar-refractivity contribution in [2.45, 2.75) is 19.6 Å². The molecule has 2 N–H and O–H groups in total. The van der Waals surface area contributed by atoms with Crippen molar-refractivity contribution in [2.24, 2.45) is 5.10 Å². The third-order valence-electron chi connectivity index (χ3n) is 4.12. The summed E-state index contributed by atoms with van der Waals surface area (Å²) in [6.45, 7) is 2.10. The molecular formula is C23H21BrN2O4. The minimum Gasteiger partial charge on any atom is -0.507 e. The fraction of sp³-hybridized carbons (Fsp3) is 0.130. The SMILES string of the molecule is C[C@H](Oc1ccc(OCc2ccccc2)cc1)C(=O)N/N=C\c1cc(Br)ccc1O. The molecule has 154 valence electrons. The van der Waals surface area contributed by atoms with Gasteiger partial charge in [0.25, 0.3) is 5.91 Å². The van der Waals surface area contributed by atoms with E-state index >= 15 is 0 Å². The van der Waals surface area contributed by atoms with Crippen molar-refractivity contribution in [1.29, 1.82) is 0 Å². The summed E-state index contributed by atoms with van der Waals surface area (Å²) < 4.78 is 12.2. The first-order chi connectivity index (χ1) is 14.5. The number of hydrogen-bond acceptors (Lipinski definition) is 5. The summed E-state index contributed by atoms with van der Waals surface area (Å²) in [6, 6.07) is 21.9. The zero-order chi connectivity index (χ0) is 21.3. The molecule has 0 unspecified atom stereocenters. The van der Waals surface area contributed by atoms with Crippen LogP contribution in [0.25, 0.3) is 0 Å². The second kappa shape index (κ2) is 10.5. The molecule has 0 aliphatic rings. The standard InChI is InChI=1S/C23H21BrN2O4/c1-16(23(28)26-25-14-18-13-19(24)7-12-22(18)27)30-21-10-8-20(9-11-21)29-15-17-5-3-2-4-6-17/h2-14,16,27H,15H2,1H3,(H,26,28)/b25-14-/t16-/m0/s1. The maximum Gasteiger partial charge on any atom is 0.280 e. The van der Waals surface area contributed by atoms with Gasteiger partial charge in [0.05, 0.1) is 6.21 Å². The van der Waals surface area contributed by atoms with Gasteiger partial charge in [-0.25, -0.2) is 5.43 Å². The third-order valence-corrected chi connectivity index (χ3v) is 4.62. The van der Waals surface area contributed by atoms with E-state index in [2.05, 4.69) is 26.5 Å². The Labute approximate surface area is 183 Å². The van der Waals surface area contributed by atoms with Crippen molar-refractivity contribution in [2.75, 3.05) is 0 Å². The number of amides is 1. The highest BCUT2D eigenvalue weighted by molar-refractivity contribution is 9.10. The number of nitrogens with one attached hydrogen (secondary N) is 1. The molecule has 30 heavy (non-hydrogen) atoms. The molecule has 0 spiro atoms. The first-order valence-electron chi connectivity index (χ1n) is 9.26. The van der Waals surface area contributed by atoms with Gasteiger partial charge in [0.15, 0.2) is 6.10 Å². The topological polar surface area (TPSA) is 80.2 Å². The van der Waals surface area contributed by atoms with Crippen LogP contribution in [0.4, 0.5) is 0 Å². The molecule has 3 aromatic rings. The van der Waals surface area contributed by atoms with E-state index in [0.29, 0.717) is 23.7 Å². The van der Waals surface area contributed by atoms with Crippen LogP contribution >= 0.6 is 15.9 Å². The highest BCUT2D eigenvalue weighted by atomic mass is 79.9. The Bertz CT molecular complexity index is 1010. The van der Waals surface area contributed by atoms with E-state index < -0.39 is 12.0 Å². The number of aromatic hydroxyl groups is 1. The summed E-state index contributed by atoms with van der Waals surface area (Å²) in [5, 5.41) is 13.6. The van der Waals surface area contributed by atoms with E-state index in [1.165, 1.54) is 12.3 Å².